The molecule has 1 N–H and O–H groups in total. The standard InChI is InChI=1S/C24H27N7O3S/c1-4-31(29-25)19-5-7-20(8-6-19)34-14-18-15-35-22(27-18)17-9-11-30(12-10-17)24-26-16(2)13-21(28-24)23(32)33-3/h4-8,13,15,17,25H,1,9-12,14H2,2-3H3. The average Bonchev–Trinajstić information content (AvgIpc) is 3.37. The summed E-state index contributed by atoms with van der Waals surface area (Å²) in [6, 6.07) is 8.94. The summed E-state index contributed by atoms with van der Waals surface area (Å²) < 4.78 is 10.7. The van der Waals surface area contributed by atoms with E-state index in [1.165, 1.54) is 18.3 Å². The third kappa shape index (κ3) is 5.80. The van der Waals surface area contributed by atoms with Crippen molar-refractivity contribution in [1.29, 1.82) is 5.53 Å². The Balaban J connectivity index is 1.32. The zero-order chi connectivity index (χ0) is 24.8. The molecule has 0 unspecified atom stereocenters. The fraction of sp³-hybridized carbons (Fsp3) is 0.333. The number of aromatic nitrogens is 3. The normalized spacial score (nSPS) is 13.8. The fourth-order valence-electron chi connectivity index (χ4n) is 3.86. The Kier molecular flexibility index (Phi) is 7.66. The zero-order valence-corrected chi connectivity index (χ0v) is 20.5. The summed E-state index contributed by atoms with van der Waals surface area (Å²) in [5.74, 6) is 1.20. The summed E-state index contributed by atoms with van der Waals surface area (Å²) in [6.45, 7) is 7.45. The molecule has 1 fully saturated rings. The second kappa shape index (κ2) is 11.0. The van der Waals surface area contributed by atoms with Gasteiger partial charge in [-0.3, -0.25) is 0 Å². The third-order valence-corrected chi connectivity index (χ3v) is 6.76. The number of piperidine rings is 1. The molecule has 10 nitrogen and oxygen atoms in total. The minimum atomic E-state index is -0.456. The van der Waals surface area contributed by atoms with E-state index in [9.17, 15) is 4.79 Å². The molecule has 4 rings (SSSR count). The maximum atomic E-state index is 11.9. The quantitative estimate of drug-likeness (QED) is 0.254. The van der Waals surface area contributed by atoms with E-state index < -0.39 is 5.97 Å². The van der Waals surface area contributed by atoms with Gasteiger partial charge in [-0.05, 0) is 50.1 Å². The summed E-state index contributed by atoms with van der Waals surface area (Å²) in [5.41, 5.74) is 9.79. The molecule has 0 aliphatic carbocycles. The highest BCUT2D eigenvalue weighted by Gasteiger charge is 2.25. The van der Waals surface area contributed by atoms with Crippen molar-refractivity contribution in [1.82, 2.24) is 15.0 Å². The first-order chi connectivity index (χ1) is 17.0. The molecule has 0 spiro atoms. The number of benzene rings is 1. The Bertz CT molecular complexity index is 1180. The lowest BCUT2D eigenvalue weighted by molar-refractivity contribution is 0.0593. The molecule has 1 saturated heterocycles. The Morgan fingerprint density at radius 3 is 2.69 bits per heavy atom. The van der Waals surface area contributed by atoms with E-state index in [1.807, 2.05) is 36.6 Å². The van der Waals surface area contributed by atoms with E-state index in [4.69, 9.17) is 20.0 Å². The fourth-order valence-corrected chi connectivity index (χ4v) is 4.84. The number of carbonyl (C=O) groups excluding carboxylic acids is 1. The van der Waals surface area contributed by atoms with E-state index in [0.29, 0.717) is 18.5 Å². The van der Waals surface area contributed by atoms with Gasteiger partial charge in [0.2, 0.25) is 5.95 Å². The summed E-state index contributed by atoms with van der Waals surface area (Å²) >= 11 is 1.66. The molecule has 1 aliphatic rings. The highest BCUT2D eigenvalue weighted by atomic mass is 32.1. The van der Waals surface area contributed by atoms with Crippen LogP contribution >= 0.6 is 11.3 Å². The van der Waals surface area contributed by atoms with Crippen molar-refractivity contribution in [2.45, 2.75) is 32.3 Å². The van der Waals surface area contributed by atoms with Crippen molar-refractivity contribution in [3.63, 3.8) is 0 Å². The number of nitrogens with zero attached hydrogens (tertiary/aromatic N) is 6. The summed E-state index contributed by atoms with van der Waals surface area (Å²) in [4.78, 5) is 27.7. The Morgan fingerprint density at radius 1 is 1.29 bits per heavy atom. The molecular weight excluding hydrogens is 466 g/mol. The lowest BCUT2D eigenvalue weighted by atomic mass is 9.98. The molecule has 1 aliphatic heterocycles. The number of thiazole rings is 1. The molecule has 0 radical (unpaired) electrons. The van der Waals surface area contributed by atoms with Crippen molar-refractivity contribution in [2.24, 2.45) is 5.22 Å². The summed E-state index contributed by atoms with van der Waals surface area (Å²) in [7, 11) is 1.35. The van der Waals surface area contributed by atoms with Crippen molar-refractivity contribution >= 4 is 28.9 Å². The van der Waals surface area contributed by atoms with E-state index in [0.717, 1.165) is 53.8 Å². The van der Waals surface area contributed by atoms with Gasteiger partial charge in [-0.25, -0.2) is 24.8 Å². The molecule has 182 valence electrons. The molecule has 0 bridgehead atoms. The number of esters is 1. The second-order valence-electron chi connectivity index (χ2n) is 8.03. The van der Waals surface area contributed by atoms with Gasteiger partial charge in [0.15, 0.2) is 5.69 Å². The van der Waals surface area contributed by atoms with Crippen LogP contribution < -0.4 is 14.6 Å². The van der Waals surface area contributed by atoms with Crippen LogP contribution in [0.2, 0.25) is 0 Å². The van der Waals surface area contributed by atoms with Gasteiger partial charge in [0, 0.05) is 36.3 Å². The van der Waals surface area contributed by atoms with Crippen LogP contribution in [0.1, 0.15) is 45.6 Å². The van der Waals surface area contributed by atoms with E-state index in [2.05, 4.69) is 26.7 Å². The van der Waals surface area contributed by atoms with Gasteiger partial charge in [0.25, 0.3) is 0 Å². The van der Waals surface area contributed by atoms with Crippen molar-refractivity contribution < 1.29 is 14.3 Å². The summed E-state index contributed by atoms with van der Waals surface area (Å²) in [5, 5.41) is 7.89. The number of aryl methyl sites for hydroxylation is 1. The lowest BCUT2D eigenvalue weighted by Crippen LogP contribution is -2.34. The Hall–Kier alpha value is -3.86. The zero-order valence-electron chi connectivity index (χ0n) is 19.7. The average molecular weight is 494 g/mol. The van der Waals surface area contributed by atoms with Gasteiger partial charge in [0.05, 0.1) is 23.5 Å². The Morgan fingerprint density at radius 2 is 2.03 bits per heavy atom. The molecule has 3 aromatic rings. The van der Waals surface area contributed by atoms with Gasteiger partial charge < -0.3 is 14.4 Å². The van der Waals surface area contributed by atoms with Gasteiger partial charge >= 0.3 is 5.97 Å². The second-order valence-corrected chi connectivity index (χ2v) is 8.92. The molecule has 0 amide bonds. The maximum absolute atomic E-state index is 11.9. The van der Waals surface area contributed by atoms with Crippen LogP contribution in [0.4, 0.5) is 11.6 Å². The number of rotatable bonds is 9. The number of carbonyl (C=O) groups is 1. The predicted octanol–water partition coefficient (Wildman–Crippen LogP) is 4.89. The number of methoxy groups -OCH3 is 1. The van der Waals surface area contributed by atoms with Crippen LogP contribution in [0.15, 0.2) is 53.7 Å². The molecule has 0 saturated carbocycles. The lowest BCUT2D eigenvalue weighted by Gasteiger charge is -2.31. The van der Waals surface area contributed by atoms with Gasteiger partial charge in [-0.2, -0.15) is 5.53 Å². The van der Waals surface area contributed by atoms with Crippen LogP contribution in [-0.2, 0) is 11.3 Å². The van der Waals surface area contributed by atoms with E-state index in [-0.39, 0.29) is 5.69 Å². The molecule has 0 atom stereocenters. The molecule has 11 heteroatoms. The van der Waals surface area contributed by atoms with Crippen molar-refractivity contribution in [3.8, 4) is 5.75 Å². The van der Waals surface area contributed by atoms with Gasteiger partial charge in [0.1, 0.15) is 12.4 Å². The molecule has 1 aromatic carbocycles. The van der Waals surface area contributed by atoms with Gasteiger partial charge in [-0.15, -0.1) is 11.3 Å². The highest BCUT2D eigenvalue weighted by molar-refractivity contribution is 7.09. The summed E-state index contributed by atoms with van der Waals surface area (Å²) in [6.07, 6.45) is 3.33. The predicted molar refractivity (Wildman–Crippen MR) is 133 cm³/mol. The van der Waals surface area contributed by atoms with Crippen LogP contribution in [0.3, 0.4) is 0 Å². The van der Waals surface area contributed by atoms with Crippen LogP contribution in [0.5, 0.6) is 5.75 Å². The molecule has 2 aromatic heterocycles. The van der Waals surface area contributed by atoms with Crippen LogP contribution in [-0.4, -0.2) is 41.1 Å². The number of hydrogen-bond donors (Lipinski definition) is 1. The van der Waals surface area contributed by atoms with Crippen LogP contribution in [0.25, 0.3) is 0 Å². The smallest absolute Gasteiger partial charge is 0.356 e. The SMILES string of the molecule is C=CN(N=N)c1ccc(OCc2csc(C3CCN(c4nc(C)cc(C(=O)OC)n4)CC3)n2)cc1. The van der Waals surface area contributed by atoms with Crippen molar-refractivity contribution in [3.05, 3.63) is 70.6 Å². The topological polar surface area (TPSA) is 117 Å². The van der Waals surface area contributed by atoms with Gasteiger partial charge in [-0.1, -0.05) is 11.8 Å². The highest BCUT2D eigenvalue weighted by Crippen LogP contribution is 2.32. The van der Waals surface area contributed by atoms with Crippen molar-refractivity contribution in [2.75, 3.05) is 30.1 Å². The number of anilines is 2. The molecule has 35 heavy (non-hydrogen) atoms. The molecule has 3 heterocycles. The monoisotopic (exact) mass is 493 g/mol. The van der Waals surface area contributed by atoms with E-state index in [1.54, 1.807) is 17.4 Å². The number of ether oxygens (including phenoxy) is 2. The first-order valence-electron chi connectivity index (χ1n) is 11.2. The first kappa shape index (κ1) is 24.3. The maximum Gasteiger partial charge on any atom is 0.356 e. The van der Waals surface area contributed by atoms with Crippen LogP contribution in [0, 0.1) is 12.5 Å². The third-order valence-electron chi connectivity index (χ3n) is 5.70. The minimum absolute atomic E-state index is 0.278. The largest absolute Gasteiger partial charge is 0.487 e. The first-order valence-corrected chi connectivity index (χ1v) is 12.0. The molecular formula is C24H27N7O3S. The number of hydrogen-bond acceptors (Lipinski definition) is 10. The Labute approximate surface area is 207 Å². The van der Waals surface area contributed by atoms with E-state index >= 15 is 0 Å². The minimum Gasteiger partial charge on any atom is -0.487 e. The number of nitrogens with one attached hydrogen (secondary N) is 1.